The molecular formula is C6H7O. The first-order valence-corrected chi connectivity index (χ1v) is 2.38. The van der Waals surface area contributed by atoms with Crippen LogP contribution in [0.4, 0.5) is 0 Å². The van der Waals surface area contributed by atoms with Crippen molar-refractivity contribution in [2.24, 2.45) is 5.92 Å². The molecule has 0 aromatic carbocycles. The quantitative estimate of drug-likeness (QED) is 0.445. The van der Waals surface area contributed by atoms with Crippen LogP contribution in [0.25, 0.3) is 0 Å². The van der Waals surface area contributed by atoms with Crippen LogP contribution >= 0.6 is 0 Å². The van der Waals surface area contributed by atoms with Gasteiger partial charge in [0, 0.05) is 5.92 Å². The van der Waals surface area contributed by atoms with Gasteiger partial charge in [0.1, 0.15) is 0 Å². The summed E-state index contributed by atoms with van der Waals surface area (Å²) < 4.78 is 0. The summed E-state index contributed by atoms with van der Waals surface area (Å²) in [5, 5.41) is 0. The fraction of sp³-hybridized carbons (Fsp3) is 0.500. The standard InChI is InChI=1S/C6H7O/c1-5-2-6(3-5)4-7/h2,6H,3H2,1H3. The zero-order chi connectivity index (χ0) is 5.28. The molecule has 0 aromatic heterocycles. The molecule has 0 saturated carbocycles. The minimum Gasteiger partial charge on any atom is -0.290 e. The summed E-state index contributed by atoms with van der Waals surface area (Å²) in [5.74, 6) is 0.125. The lowest BCUT2D eigenvalue weighted by Gasteiger charge is -2.14. The van der Waals surface area contributed by atoms with Gasteiger partial charge in [-0.05, 0) is 13.3 Å². The predicted octanol–water partition coefficient (Wildman–Crippen LogP) is 1.06. The van der Waals surface area contributed by atoms with Gasteiger partial charge in [-0.15, -0.1) is 0 Å². The Morgan fingerprint density at radius 2 is 2.57 bits per heavy atom. The van der Waals surface area contributed by atoms with E-state index in [9.17, 15) is 4.79 Å². The SMILES string of the molecule is CC1=CC([C]=O)C1. The van der Waals surface area contributed by atoms with Crippen LogP contribution < -0.4 is 0 Å². The third kappa shape index (κ3) is 0.710. The highest BCUT2D eigenvalue weighted by molar-refractivity contribution is 5.61. The van der Waals surface area contributed by atoms with Gasteiger partial charge in [-0.25, -0.2) is 0 Å². The Labute approximate surface area is 43.0 Å². The molecule has 1 unspecified atom stereocenters. The Bertz CT molecular complexity index is 113. The molecule has 0 aliphatic heterocycles. The van der Waals surface area contributed by atoms with Gasteiger partial charge in [-0.2, -0.15) is 0 Å². The zero-order valence-corrected chi connectivity index (χ0v) is 4.27. The maximum atomic E-state index is 9.76. The smallest absolute Gasteiger partial charge is 0.206 e. The molecule has 1 atom stereocenters. The first-order valence-electron chi connectivity index (χ1n) is 2.38. The predicted molar refractivity (Wildman–Crippen MR) is 27.6 cm³/mol. The Balaban J connectivity index is 2.45. The van der Waals surface area contributed by atoms with Crippen LogP contribution in [0.15, 0.2) is 11.6 Å². The van der Waals surface area contributed by atoms with Crippen molar-refractivity contribution in [2.75, 3.05) is 0 Å². The minimum absolute atomic E-state index is 0.125. The van der Waals surface area contributed by atoms with Crippen molar-refractivity contribution in [3.8, 4) is 0 Å². The number of allylic oxidation sites excluding steroid dienone is 2. The van der Waals surface area contributed by atoms with Gasteiger partial charge in [0.2, 0.25) is 6.29 Å². The molecule has 0 amide bonds. The summed E-state index contributed by atoms with van der Waals surface area (Å²) in [6.45, 7) is 2.02. The summed E-state index contributed by atoms with van der Waals surface area (Å²) in [5.41, 5.74) is 1.31. The minimum atomic E-state index is 0.125. The molecule has 0 bridgehead atoms. The Kier molecular flexibility index (Phi) is 0.970. The fourth-order valence-electron chi connectivity index (χ4n) is 0.732. The highest BCUT2D eigenvalue weighted by Gasteiger charge is 2.13. The van der Waals surface area contributed by atoms with Crippen molar-refractivity contribution >= 4 is 6.29 Å². The number of hydrogen-bond acceptors (Lipinski definition) is 1. The third-order valence-corrected chi connectivity index (χ3v) is 1.18. The molecule has 1 nitrogen and oxygen atoms in total. The van der Waals surface area contributed by atoms with Gasteiger partial charge in [0.15, 0.2) is 0 Å². The Morgan fingerprint density at radius 3 is 2.71 bits per heavy atom. The van der Waals surface area contributed by atoms with Crippen molar-refractivity contribution in [3.63, 3.8) is 0 Å². The van der Waals surface area contributed by atoms with Crippen LogP contribution in [0.2, 0.25) is 0 Å². The molecule has 0 spiro atoms. The Hall–Kier alpha value is -0.590. The molecule has 1 aliphatic carbocycles. The monoisotopic (exact) mass is 95.0 g/mol. The summed E-state index contributed by atoms with van der Waals surface area (Å²) in [6.07, 6.45) is 4.78. The molecule has 0 fully saturated rings. The second-order valence-corrected chi connectivity index (χ2v) is 1.94. The molecule has 1 rings (SSSR count). The van der Waals surface area contributed by atoms with Crippen LogP contribution in [0.5, 0.6) is 0 Å². The van der Waals surface area contributed by atoms with Crippen LogP contribution in [0, 0.1) is 5.92 Å². The average molecular weight is 95.1 g/mol. The maximum Gasteiger partial charge on any atom is 0.206 e. The molecule has 0 N–H and O–H groups in total. The molecule has 0 saturated heterocycles. The van der Waals surface area contributed by atoms with Crippen molar-refractivity contribution < 1.29 is 4.79 Å². The molecule has 1 heteroatoms. The van der Waals surface area contributed by atoms with Crippen LogP contribution in [0.1, 0.15) is 13.3 Å². The molecule has 1 aliphatic rings. The third-order valence-electron chi connectivity index (χ3n) is 1.18. The molecule has 7 heavy (non-hydrogen) atoms. The van der Waals surface area contributed by atoms with Gasteiger partial charge in [0.25, 0.3) is 0 Å². The van der Waals surface area contributed by atoms with Gasteiger partial charge in [-0.1, -0.05) is 11.6 Å². The van der Waals surface area contributed by atoms with E-state index in [1.54, 1.807) is 0 Å². The van der Waals surface area contributed by atoms with Gasteiger partial charge >= 0.3 is 0 Å². The lowest BCUT2D eigenvalue weighted by atomic mass is 9.89. The van der Waals surface area contributed by atoms with E-state index in [0.29, 0.717) is 0 Å². The molecule has 1 radical (unpaired) electrons. The number of rotatable bonds is 1. The van der Waals surface area contributed by atoms with Crippen LogP contribution in [-0.2, 0) is 4.79 Å². The number of hydrogen-bond donors (Lipinski definition) is 0. The molecule has 0 heterocycles. The first kappa shape index (κ1) is 4.57. The second kappa shape index (κ2) is 1.49. The summed E-state index contributed by atoms with van der Waals surface area (Å²) >= 11 is 0. The van der Waals surface area contributed by atoms with Crippen LogP contribution in [0.3, 0.4) is 0 Å². The average Bonchev–Trinajstić information content (AvgIpc) is 1.58. The molecule has 0 aromatic rings. The highest BCUT2D eigenvalue weighted by Crippen LogP contribution is 2.22. The van der Waals surface area contributed by atoms with Gasteiger partial charge in [0.05, 0.1) is 0 Å². The fourth-order valence-corrected chi connectivity index (χ4v) is 0.732. The summed E-state index contributed by atoms with van der Waals surface area (Å²) in [6, 6.07) is 0. The van der Waals surface area contributed by atoms with Crippen molar-refractivity contribution in [2.45, 2.75) is 13.3 Å². The van der Waals surface area contributed by atoms with E-state index in [2.05, 4.69) is 0 Å². The van der Waals surface area contributed by atoms with E-state index in [-0.39, 0.29) is 5.92 Å². The van der Waals surface area contributed by atoms with Gasteiger partial charge < -0.3 is 0 Å². The highest BCUT2D eigenvalue weighted by atomic mass is 16.1. The lowest BCUT2D eigenvalue weighted by molar-refractivity contribution is 0.528. The van der Waals surface area contributed by atoms with E-state index >= 15 is 0 Å². The van der Waals surface area contributed by atoms with E-state index < -0.39 is 0 Å². The van der Waals surface area contributed by atoms with Gasteiger partial charge in [-0.3, -0.25) is 4.79 Å². The number of carbonyl (C=O) groups excluding carboxylic acids is 1. The van der Waals surface area contributed by atoms with E-state index in [0.717, 1.165) is 6.42 Å². The maximum absolute atomic E-state index is 9.76. The normalized spacial score (nSPS) is 28.1. The second-order valence-electron chi connectivity index (χ2n) is 1.94. The zero-order valence-electron chi connectivity index (χ0n) is 4.27. The Morgan fingerprint density at radius 1 is 2.00 bits per heavy atom. The van der Waals surface area contributed by atoms with E-state index in [1.165, 1.54) is 5.57 Å². The van der Waals surface area contributed by atoms with Crippen LogP contribution in [-0.4, -0.2) is 6.29 Å². The summed E-state index contributed by atoms with van der Waals surface area (Å²) in [4.78, 5) is 9.76. The van der Waals surface area contributed by atoms with Crippen molar-refractivity contribution in [1.29, 1.82) is 0 Å². The van der Waals surface area contributed by atoms with Crippen molar-refractivity contribution in [1.82, 2.24) is 0 Å². The molecule has 37 valence electrons. The molecular weight excluding hydrogens is 88.1 g/mol. The topological polar surface area (TPSA) is 17.1 Å². The lowest BCUT2D eigenvalue weighted by Crippen LogP contribution is -2.08. The van der Waals surface area contributed by atoms with E-state index in [4.69, 9.17) is 0 Å². The van der Waals surface area contributed by atoms with Crippen molar-refractivity contribution in [3.05, 3.63) is 11.6 Å². The largest absolute Gasteiger partial charge is 0.290 e. The summed E-state index contributed by atoms with van der Waals surface area (Å²) in [7, 11) is 0. The van der Waals surface area contributed by atoms with E-state index in [1.807, 2.05) is 19.3 Å². The first-order chi connectivity index (χ1) is 3.33.